The maximum Gasteiger partial charge on any atom is 0.244 e. The van der Waals surface area contributed by atoms with Gasteiger partial charge >= 0.3 is 0 Å². The van der Waals surface area contributed by atoms with E-state index < -0.39 is 17.7 Å². The number of carbonyl (C=O) groups excluding carboxylic acids is 3. The monoisotopic (exact) mass is 293 g/mol. The highest BCUT2D eigenvalue weighted by atomic mass is 16.2. The molecule has 1 aromatic heterocycles. The van der Waals surface area contributed by atoms with Crippen LogP contribution in [-0.2, 0) is 14.4 Å². The molecule has 1 aromatic rings. The molecule has 0 saturated heterocycles. The Morgan fingerprint density at radius 2 is 1.67 bits per heavy atom. The molecule has 21 heavy (non-hydrogen) atoms. The lowest BCUT2D eigenvalue weighted by Gasteiger charge is -2.08. The number of pyridine rings is 1. The van der Waals surface area contributed by atoms with Gasteiger partial charge in [0.05, 0.1) is 19.6 Å². The van der Waals surface area contributed by atoms with Crippen LogP contribution < -0.4 is 21.7 Å². The maximum atomic E-state index is 11.7. The first-order chi connectivity index (χ1) is 9.90. The second-order valence-corrected chi connectivity index (χ2v) is 4.48. The molecular weight excluding hydrogens is 274 g/mol. The predicted molar refractivity (Wildman–Crippen MR) is 77.4 cm³/mol. The standard InChI is InChI=1S/C13H19N5O3/c1-8-3-9(2)17-10(4-8)18-13(21)7-16-12(20)6-15-11(19)5-14/h3-4H,5-7,14H2,1-2H3,(H,15,19)(H,16,20)(H,17,18,21). The van der Waals surface area contributed by atoms with Crippen LogP contribution in [0, 0.1) is 13.8 Å². The lowest BCUT2D eigenvalue weighted by atomic mass is 10.2. The number of hydrogen-bond donors (Lipinski definition) is 4. The summed E-state index contributed by atoms with van der Waals surface area (Å²) < 4.78 is 0. The summed E-state index contributed by atoms with van der Waals surface area (Å²) in [5.74, 6) is -0.872. The number of nitrogens with zero attached hydrogens (tertiary/aromatic N) is 1. The molecule has 114 valence electrons. The van der Waals surface area contributed by atoms with Crippen molar-refractivity contribution < 1.29 is 14.4 Å². The zero-order valence-corrected chi connectivity index (χ0v) is 12.0. The highest BCUT2D eigenvalue weighted by molar-refractivity contribution is 5.94. The van der Waals surface area contributed by atoms with Gasteiger partial charge in [-0.1, -0.05) is 0 Å². The molecule has 1 rings (SSSR count). The summed E-state index contributed by atoms with van der Waals surface area (Å²) in [7, 11) is 0. The van der Waals surface area contributed by atoms with E-state index >= 15 is 0 Å². The highest BCUT2D eigenvalue weighted by Gasteiger charge is 2.08. The number of nitrogens with one attached hydrogen (secondary N) is 3. The van der Waals surface area contributed by atoms with E-state index in [1.807, 2.05) is 19.9 Å². The number of anilines is 1. The summed E-state index contributed by atoms with van der Waals surface area (Å²) in [5, 5.41) is 7.26. The number of aromatic nitrogens is 1. The zero-order chi connectivity index (χ0) is 15.8. The third kappa shape index (κ3) is 6.48. The maximum absolute atomic E-state index is 11.7. The normalized spacial score (nSPS) is 9.86. The minimum Gasteiger partial charge on any atom is -0.346 e. The third-order valence-corrected chi connectivity index (χ3v) is 2.44. The molecular formula is C13H19N5O3. The van der Waals surface area contributed by atoms with E-state index in [0.29, 0.717) is 5.82 Å². The van der Waals surface area contributed by atoms with E-state index in [1.54, 1.807) is 6.07 Å². The van der Waals surface area contributed by atoms with E-state index in [2.05, 4.69) is 20.9 Å². The van der Waals surface area contributed by atoms with Gasteiger partial charge < -0.3 is 21.7 Å². The number of rotatable bonds is 6. The molecule has 0 unspecified atom stereocenters. The molecule has 8 heteroatoms. The average Bonchev–Trinajstić information content (AvgIpc) is 2.41. The molecule has 1 heterocycles. The van der Waals surface area contributed by atoms with Crippen LogP contribution >= 0.6 is 0 Å². The number of nitrogens with two attached hydrogens (primary N) is 1. The van der Waals surface area contributed by atoms with Crippen molar-refractivity contribution in [3.05, 3.63) is 23.4 Å². The van der Waals surface area contributed by atoms with Crippen molar-refractivity contribution in [2.75, 3.05) is 25.0 Å². The molecule has 0 radical (unpaired) electrons. The van der Waals surface area contributed by atoms with E-state index in [4.69, 9.17) is 5.73 Å². The fourth-order valence-electron chi connectivity index (χ4n) is 1.58. The van der Waals surface area contributed by atoms with E-state index in [0.717, 1.165) is 11.3 Å². The summed E-state index contributed by atoms with van der Waals surface area (Å²) >= 11 is 0. The van der Waals surface area contributed by atoms with Gasteiger partial charge in [-0.25, -0.2) is 4.98 Å². The summed E-state index contributed by atoms with van der Waals surface area (Å²) in [6, 6.07) is 3.62. The largest absolute Gasteiger partial charge is 0.346 e. The van der Waals surface area contributed by atoms with Crippen LogP contribution in [0.25, 0.3) is 0 Å². The van der Waals surface area contributed by atoms with Crippen LogP contribution in [0.15, 0.2) is 12.1 Å². The molecule has 0 aliphatic rings. The second kappa shape index (κ2) is 7.95. The minimum absolute atomic E-state index is 0.188. The summed E-state index contributed by atoms with van der Waals surface area (Å²) in [4.78, 5) is 38.0. The van der Waals surface area contributed by atoms with Crippen molar-refractivity contribution >= 4 is 23.5 Å². The van der Waals surface area contributed by atoms with Gasteiger partial charge in [0.1, 0.15) is 5.82 Å². The number of amides is 3. The second-order valence-electron chi connectivity index (χ2n) is 4.48. The molecule has 0 aliphatic heterocycles. The van der Waals surface area contributed by atoms with Crippen molar-refractivity contribution in [2.45, 2.75) is 13.8 Å². The molecule has 5 N–H and O–H groups in total. The van der Waals surface area contributed by atoms with Gasteiger partial charge in [0.25, 0.3) is 0 Å². The third-order valence-electron chi connectivity index (χ3n) is 2.44. The van der Waals surface area contributed by atoms with E-state index in [1.165, 1.54) is 0 Å². The Balaban J connectivity index is 2.37. The van der Waals surface area contributed by atoms with Crippen LogP contribution in [0.1, 0.15) is 11.3 Å². The van der Waals surface area contributed by atoms with Crippen molar-refractivity contribution in [2.24, 2.45) is 5.73 Å². The Labute approximate surface area is 122 Å². The van der Waals surface area contributed by atoms with Gasteiger partial charge in [-0.15, -0.1) is 0 Å². The Hall–Kier alpha value is -2.48. The van der Waals surface area contributed by atoms with Crippen LogP contribution in [0.2, 0.25) is 0 Å². The topological polar surface area (TPSA) is 126 Å². The highest BCUT2D eigenvalue weighted by Crippen LogP contribution is 2.08. The fourth-order valence-corrected chi connectivity index (χ4v) is 1.58. The molecule has 0 aromatic carbocycles. The molecule has 0 bridgehead atoms. The molecule has 8 nitrogen and oxygen atoms in total. The first-order valence-corrected chi connectivity index (χ1v) is 6.39. The van der Waals surface area contributed by atoms with Crippen LogP contribution in [0.3, 0.4) is 0 Å². The Morgan fingerprint density at radius 1 is 1.05 bits per heavy atom. The number of hydrogen-bond acceptors (Lipinski definition) is 5. The quantitative estimate of drug-likeness (QED) is 0.525. The van der Waals surface area contributed by atoms with Crippen molar-refractivity contribution in [3.8, 4) is 0 Å². The first-order valence-electron chi connectivity index (χ1n) is 6.39. The zero-order valence-electron chi connectivity index (χ0n) is 12.0. The van der Waals surface area contributed by atoms with Gasteiger partial charge in [0.15, 0.2) is 0 Å². The van der Waals surface area contributed by atoms with Crippen molar-refractivity contribution in [1.82, 2.24) is 15.6 Å². The van der Waals surface area contributed by atoms with Gasteiger partial charge in [-0.3, -0.25) is 14.4 Å². The van der Waals surface area contributed by atoms with Crippen LogP contribution in [-0.4, -0.2) is 42.3 Å². The van der Waals surface area contributed by atoms with Gasteiger partial charge in [0, 0.05) is 5.69 Å². The molecule has 0 saturated carbocycles. The van der Waals surface area contributed by atoms with Gasteiger partial charge in [-0.2, -0.15) is 0 Å². The van der Waals surface area contributed by atoms with E-state index in [9.17, 15) is 14.4 Å². The predicted octanol–water partition coefficient (Wildman–Crippen LogP) is -1.17. The molecule has 0 spiro atoms. The van der Waals surface area contributed by atoms with Gasteiger partial charge in [0.2, 0.25) is 17.7 Å². The average molecular weight is 293 g/mol. The molecule has 0 fully saturated rings. The smallest absolute Gasteiger partial charge is 0.244 e. The van der Waals surface area contributed by atoms with Crippen LogP contribution in [0.4, 0.5) is 5.82 Å². The summed E-state index contributed by atoms with van der Waals surface area (Å²) in [6.45, 7) is 3.11. The van der Waals surface area contributed by atoms with Crippen LogP contribution in [0.5, 0.6) is 0 Å². The molecule has 0 atom stereocenters. The Morgan fingerprint density at radius 3 is 2.29 bits per heavy atom. The number of aryl methyl sites for hydroxylation is 2. The number of carbonyl (C=O) groups is 3. The fraction of sp³-hybridized carbons (Fsp3) is 0.385. The van der Waals surface area contributed by atoms with Gasteiger partial charge in [-0.05, 0) is 31.5 Å². The SMILES string of the molecule is Cc1cc(C)nc(NC(=O)CNC(=O)CNC(=O)CN)c1. The first kappa shape index (κ1) is 16.6. The summed E-state index contributed by atoms with van der Waals surface area (Å²) in [6.07, 6.45) is 0. The van der Waals surface area contributed by atoms with E-state index in [-0.39, 0.29) is 19.6 Å². The molecule has 0 aliphatic carbocycles. The summed E-state index contributed by atoms with van der Waals surface area (Å²) in [5.41, 5.74) is 6.84. The lowest BCUT2D eigenvalue weighted by Crippen LogP contribution is -2.41. The lowest BCUT2D eigenvalue weighted by molar-refractivity contribution is -0.126. The van der Waals surface area contributed by atoms with Crippen molar-refractivity contribution in [3.63, 3.8) is 0 Å². The molecule has 3 amide bonds. The Bertz CT molecular complexity index is 524. The van der Waals surface area contributed by atoms with Crippen molar-refractivity contribution in [1.29, 1.82) is 0 Å². The Kier molecular flexibility index (Phi) is 6.28. The minimum atomic E-state index is -0.472.